The summed E-state index contributed by atoms with van der Waals surface area (Å²) >= 11 is 0. The van der Waals surface area contributed by atoms with Crippen LogP contribution in [-0.4, -0.2) is 38.8 Å². The Balaban J connectivity index is 1.62. The van der Waals surface area contributed by atoms with E-state index in [0.717, 1.165) is 23.2 Å². The van der Waals surface area contributed by atoms with Crippen LogP contribution in [0.25, 0.3) is 5.69 Å². The predicted octanol–water partition coefficient (Wildman–Crippen LogP) is 2.81. The Kier molecular flexibility index (Phi) is 7.31. The van der Waals surface area contributed by atoms with Crippen LogP contribution in [0.15, 0.2) is 52.2 Å². The number of carbonyl (C=O) groups is 1. The number of ether oxygens (including phenoxy) is 2. The number of amides is 1. The Bertz CT molecular complexity index is 1460. The molecular weight excluding hydrogens is 507 g/mol. The second-order valence-corrected chi connectivity index (χ2v) is 9.19. The van der Waals surface area contributed by atoms with Crippen molar-refractivity contribution in [3.63, 3.8) is 0 Å². The summed E-state index contributed by atoms with van der Waals surface area (Å²) in [7, 11) is 0. The number of fused-ring (bicyclic) bond motifs is 1. The number of rotatable bonds is 9. The molecule has 202 valence electrons. The summed E-state index contributed by atoms with van der Waals surface area (Å²) in [6.45, 7) is 3.29. The first-order chi connectivity index (χ1) is 17.9. The first-order valence-electron chi connectivity index (χ1n) is 11.8. The van der Waals surface area contributed by atoms with E-state index in [-0.39, 0.29) is 35.6 Å². The monoisotopic (exact) mass is 533 g/mol. The number of alkyl halides is 3. The van der Waals surface area contributed by atoms with E-state index < -0.39 is 23.6 Å². The zero-order valence-corrected chi connectivity index (χ0v) is 20.7. The predicted molar refractivity (Wildman–Crippen MR) is 132 cm³/mol. The van der Waals surface area contributed by atoms with E-state index in [1.165, 1.54) is 30.5 Å². The Labute approximate surface area is 214 Å². The van der Waals surface area contributed by atoms with Crippen molar-refractivity contribution in [3.8, 4) is 11.4 Å². The number of aromatic nitrogens is 3. The average molecular weight is 534 g/mol. The van der Waals surface area contributed by atoms with Gasteiger partial charge in [-0.1, -0.05) is 0 Å². The molecule has 0 saturated carbocycles. The number of carbonyl (C=O) groups excluding carboxylic acids is 1. The number of hydrogen-bond acceptors (Lipinski definition) is 7. The van der Waals surface area contributed by atoms with Gasteiger partial charge < -0.3 is 25.1 Å². The summed E-state index contributed by atoms with van der Waals surface area (Å²) in [5.41, 5.74) is 5.00. The van der Waals surface area contributed by atoms with Gasteiger partial charge in [-0.15, -0.1) is 18.3 Å². The lowest BCUT2D eigenvalue weighted by atomic mass is 10.1. The lowest BCUT2D eigenvalue weighted by Crippen LogP contribution is -2.41. The second-order valence-electron chi connectivity index (χ2n) is 9.19. The number of halogens is 3. The van der Waals surface area contributed by atoms with Crippen LogP contribution in [0, 0.1) is 0 Å². The number of anilines is 2. The number of nitrogens with two attached hydrogens (primary N) is 1. The highest BCUT2D eigenvalue weighted by Crippen LogP contribution is 2.28. The highest BCUT2D eigenvalue weighted by atomic mass is 19.4. The molecule has 1 amide bonds. The van der Waals surface area contributed by atoms with Gasteiger partial charge in [0.25, 0.3) is 11.1 Å². The molecule has 0 aliphatic heterocycles. The second kappa shape index (κ2) is 10.3. The summed E-state index contributed by atoms with van der Waals surface area (Å²) < 4.78 is 49.4. The minimum Gasteiger partial charge on any atom is -0.406 e. The van der Waals surface area contributed by atoms with Gasteiger partial charge in [0.2, 0.25) is 5.91 Å². The molecule has 4 rings (SSSR count). The van der Waals surface area contributed by atoms with E-state index in [2.05, 4.69) is 15.2 Å². The van der Waals surface area contributed by atoms with Crippen molar-refractivity contribution in [1.29, 1.82) is 0 Å². The van der Waals surface area contributed by atoms with Crippen molar-refractivity contribution in [2.75, 3.05) is 11.9 Å². The smallest absolute Gasteiger partial charge is 0.406 e. The standard InChI is InChI=1S/C25H26F3N5O5/c1-24(2,23(29)36)37-14-13-32-12-4-7-19(22(32)35)30-20-17-5-3-6-18(17)21(34)33(31-20)15-8-10-16(11-9-15)38-25(26,27)28/h4,7-12H,3,5-6,13-14H2,1-2H3,(H2,29,36)(H,30,31). The molecule has 13 heteroatoms. The molecule has 0 radical (unpaired) electrons. The van der Waals surface area contributed by atoms with Gasteiger partial charge in [0, 0.05) is 23.9 Å². The first-order valence-corrected chi connectivity index (χ1v) is 11.8. The molecule has 2 heterocycles. The Hall–Kier alpha value is -4.13. The number of hydrogen-bond donors (Lipinski definition) is 2. The minimum atomic E-state index is -4.84. The maximum atomic E-state index is 13.1. The molecule has 0 bridgehead atoms. The van der Waals surface area contributed by atoms with Gasteiger partial charge in [-0.05, 0) is 69.5 Å². The van der Waals surface area contributed by atoms with Gasteiger partial charge in [0.15, 0.2) is 5.82 Å². The van der Waals surface area contributed by atoms with E-state index in [0.29, 0.717) is 29.8 Å². The van der Waals surface area contributed by atoms with Crippen LogP contribution in [0.4, 0.5) is 24.7 Å². The van der Waals surface area contributed by atoms with Crippen LogP contribution in [-0.2, 0) is 28.9 Å². The fourth-order valence-electron chi connectivity index (χ4n) is 4.05. The molecule has 0 atom stereocenters. The number of primary amides is 1. The maximum absolute atomic E-state index is 13.1. The molecule has 3 aromatic rings. The van der Waals surface area contributed by atoms with Crippen molar-refractivity contribution in [2.45, 2.75) is 51.6 Å². The van der Waals surface area contributed by atoms with Crippen LogP contribution >= 0.6 is 0 Å². The van der Waals surface area contributed by atoms with Gasteiger partial charge in [-0.25, -0.2) is 0 Å². The van der Waals surface area contributed by atoms with E-state index in [1.54, 1.807) is 18.3 Å². The third-order valence-electron chi connectivity index (χ3n) is 6.13. The zero-order valence-electron chi connectivity index (χ0n) is 20.7. The van der Waals surface area contributed by atoms with Crippen LogP contribution in [0.1, 0.15) is 31.4 Å². The molecular formula is C25H26F3N5O5. The van der Waals surface area contributed by atoms with Gasteiger partial charge in [0.1, 0.15) is 17.0 Å². The minimum absolute atomic E-state index is 0.0614. The largest absolute Gasteiger partial charge is 0.573 e. The SMILES string of the molecule is CC(C)(OCCn1cccc(Nc2nn(-c3ccc(OC(F)(F)F)cc3)c(=O)c3c2CCC3)c1=O)C(N)=O. The number of pyridine rings is 1. The number of nitrogens with zero attached hydrogens (tertiary/aromatic N) is 3. The maximum Gasteiger partial charge on any atom is 0.573 e. The fraction of sp³-hybridized carbons (Fsp3) is 0.360. The molecule has 3 N–H and O–H groups in total. The van der Waals surface area contributed by atoms with Crippen molar-refractivity contribution in [1.82, 2.24) is 14.3 Å². The lowest BCUT2D eigenvalue weighted by Gasteiger charge is -2.21. The van der Waals surface area contributed by atoms with Crippen molar-refractivity contribution in [3.05, 3.63) is 74.4 Å². The van der Waals surface area contributed by atoms with Crippen molar-refractivity contribution < 1.29 is 27.4 Å². The molecule has 0 unspecified atom stereocenters. The van der Waals surface area contributed by atoms with Gasteiger partial charge in [-0.3, -0.25) is 14.4 Å². The highest BCUT2D eigenvalue weighted by molar-refractivity contribution is 5.82. The molecule has 2 aromatic heterocycles. The van der Waals surface area contributed by atoms with Gasteiger partial charge in [-0.2, -0.15) is 4.68 Å². The van der Waals surface area contributed by atoms with Gasteiger partial charge in [0.05, 0.1) is 12.3 Å². The molecule has 38 heavy (non-hydrogen) atoms. The summed E-state index contributed by atoms with van der Waals surface area (Å²) in [6.07, 6.45) is -1.47. The van der Waals surface area contributed by atoms with Crippen LogP contribution < -0.4 is 26.9 Å². The molecule has 0 spiro atoms. The Morgan fingerprint density at radius 2 is 1.76 bits per heavy atom. The van der Waals surface area contributed by atoms with Crippen LogP contribution in [0.5, 0.6) is 5.75 Å². The highest BCUT2D eigenvalue weighted by Gasteiger charge is 2.31. The molecule has 1 aliphatic carbocycles. The van der Waals surface area contributed by atoms with Crippen molar-refractivity contribution >= 4 is 17.4 Å². The topological polar surface area (TPSA) is 130 Å². The normalized spacial score (nSPS) is 13.3. The molecule has 0 fully saturated rings. The van der Waals surface area contributed by atoms with E-state index in [4.69, 9.17) is 10.5 Å². The van der Waals surface area contributed by atoms with Crippen LogP contribution in [0.2, 0.25) is 0 Å². The first kappa shape index (κ1) is 26.9. The molecule has 1 aromatic carbocycles. The summed E-state index contributed by atoms with van der Waals surface area (Å²) in [5.74, 6) is -0.756. The Morgan fingerprint density at radius 1 is 1.08 bits per heavy atom. The van der Waals surface area contributed by atoms with E-state index in [1.807, 2.05) is 0 Å². The zero-order chi connectivity index (χ0) is 27.7. The molecule has 0 saturated heterocycles. The third-order valence-corrected chi connectivity index (χ3v) is 6.13. The summed E-state index contributed by atoms with van der Waals surface area (Å²) in [4.78, 5) is 37.6. The summed E-state index contributed by atoms with van der Waals surface area (Å²) in [6, 6.07) is 7.99. The van der Waals surface area contributed by atoms with E-state index >= 15 is 0 Å². The van der Waals surface area contributed by atoms with Crippen LogP contribution in [0.3, 0.4) is 0 Å². The molecule has 1 aliphatic rings. The van der Waals surface area contributed by atoms with Crippen molar-refractivity contribution in [2.24, 2.45) is 5.73 Å². The lowest BCUT2D eigenvalue weighted by molar-refractivity contribution is -0.274. The van der Waals surface area contributed by atoms with E-state index in [9.17, 15) is 27.6 Å². The third kappa shape index (κ3) is 5.88. The Morgan fingerprint density at radius 3 is 2.42 bits per heavy atom. The number of nitrogens with one attached hydrogen (secondary N) is 1. The van der Waals surface area contributed by atoms with Gasteiger partial charge >= 0.3 is 6.36 Å². The molecule has 10 nitrogen and oxygen atoms in total. The summed E-state index contributed by atoms with van der Waals surface area (Å²) in [5, 5.41) is 7.43. The number of benzene rings is 1. The fourth-order valence-corrected chi connectivity index (χ4v) is 4.05. The average Bonchev–Trinajstić information content (AvgIpc) is 3.33. The quantitative estimate of drug-likeness (QED) is 0.433.